The number of anilines is 1. The summed E-state index contributed by atoms with van der Waals surface area (Å²) in [4.78, 5) is 4.34. The minimum atomic E-state index is 0.227. The van der Waals surface area contributed by atoms with Crippen LogP contribution >= 0.6 is 15.9 Å². The van der Waals surface area contributed by atoms with E-state index in [0.717, 1.165) is 15.9 Å². The maximum absolute atomic E-state index is 9.79. The number of hydrogen-bond donors (Lipinski definition) is 2. The van der Waals surface area contributed by atoms with E-state index in [1.54, 1.807) is 12.1 Å². The zero-order chi connectivity index (χ0) is 14.0. The van der Waals surface area contributed by atoms with Gasteiger partial charge in [-0.1, -0.05) is 15.9 Å². The Balaban J connectivity index is 2.21. The summed E-state index contributed by atoms with van der Waals surface area (Å²) in [6.45, 7) is 6.54. The minimum Gasteiger partial charge on any atom is -0.506 e. The fourth-order valence-electron chi connectivity index (χ4n) is 2.09. The lowest BCUT2D eigenvalue weighted by Gasteiger charge is -2.14. The third-order valence-corrected chi connectivity index (χ3v) is 3.48. The second-order valence-electron chi connectivity index (χ2n) is 4.69. The van der Waals surface area contributed by atoms with Crippen LogP contribution in [0, 0.1) is 20.8 Å². The first-order valence-electron chi connectivity index (χ1n) is 6.13. The first-order valence-corrected chi connectivity index (χ1v) is 6.93. The number of rotatable bonds is 3. The van der Waals surface area contributed by atoms with Crippen molar-refractivity contribution in [3.63, 3.8) is 0 Å². The van der Waals surface area contributed by atoms with E-state index < -0.39 is 0 Å². The van der Waals surface area contributed by atoms with Crippen molar-refractivity contribution in [2.45, 2.75) is 27.3 Å². The minimum absolute atomic E-state index is 0.227. The highest BCUT2D eigenvalue weighted by atomic mass is 79.9. The zero-order valence-electron chi connectivity index (χ0n) is 11.3. The van der Waals surface area contributed by atoms with Crippen LogP contribution < -0.4 is 5.32 Å². The number of halogens is 1. The Hall–Kier alpha value is -1.55. The number of hydrogen-bond acceptors (Lipinski definition) is 3. The molecular weight excluding hydrogens is 304 g/mol. The van der Waals surface area contributed by atoms with E-state index in [9.17, 15) is 5.11 Å². The van der Waals surface area contributed by atoms with Gasteiger partial charge in [0.1, 0.15) is 11.4 Å². The van der Waals surface area contributed by atoms with Crippen molar-refractivity contribution < 1.29 is 5.11 Å². The summed E-state index contributed by atoms with van der Waals surface area (Å²) in [7, 11) is 0. The molecule has 0 aliphatic carbocycles. The molecule has 0 bridgehead atoms. The van der Waals surface area contributed by atoms with Gasteiger partial charge in [0.2, 0.25) is 0 Å². The van der Waals surface area contributed by atoms with Crippen molar-refractivity contribution in [3.05, 3.63) is 51.3 Å². The van der Waals surface area contributed by atoms with E-state index in [4.69, 9.17) is 0 Å². The van der Waals surface area contributed by atoms with E-state index in [2.05, 4.69) is 52.2 Å². The van der Waals surface area contributed by atoms with Crippen LogP contribution in [0.2, 0.25) is 0 Å². The van der Waals surface area contributed by atoms with Crippen LogP contribution in [0.3, 0.4) is 0 Å². The van der Waals surface area contributed by atoms with Gasteiger partial charge >= 0.3 is 0 Å². The molecule has 0 amide bonds. The summed E-state index contributed by atoms with van der Waals surface area (Å²) >= 11 is 3.48. The van der Waals surface area contributed by atoms with Crippen molar-refractivity contribution in [3.8, 4) is 5.75 Å². The van der Waals surface area contributed by atoms with Gasteiger partial charge in [-0.15, -0.1) is 0 Å². The smallest absolute Gasteiger partial charge is 0.138 e. The van der Waals surface area contributed by atoms with E-state index >= 15 is 0 Å². The molecule has 4 heteroatoms. The van der Waals surface area contributed by atoms with Crippen molar-refractivity contribution in [2.24, 2.45) is 0 Å². The molecule has 0 aliphatic heterocycles. The molecule has 1 aromatic heterocycles. The topological polar surface area (TPSA) is 45.1 Å². The number of aromatic hydroxyl groups is 1. The summed E-state index contributed by atoms with van der Waals surface area (Å²) in [6, 6.07) is 7.62. The predicted octanol–water partition coefficient (Wildman–Crippen LogP) is 4.09. The first kappa shape index (κ1) is 13.9. The number of benzene rings is 1. The molecule has 0 atom stereocenters. The van der Waals surface area contributed by atoms with Gasteiger partial charge in [-0.05, 0) is 56.2 Å². The van der Waals surface area contributed by atoms with Crippen molar-refractivity contribution in [2.75, 3.05) is 5.32 Å². The quantitative estimate of drug-likeness (QED) is 0.895. The van der Waals surface area contributed by atoms with Crippen LogP contribution in [0.5, 0.6) is 5.75 Å². The van der Waals surface area contributed by atoms with Gasteiger partial charge in [0, 0.05) is 15.9 Å². The molecule has 2 N–H and O–H groups in total. The predicted molar refractivity (Wildman–Crippen MR) is 81.6 cm³/mol. The number of nitrogens with one attached hydrogen (secondary N) is 1. The molecule has 100 valence electrons. The standard InChI is InChI=1S/C15H17BrN2O/c1-9-6-12(16)7-10(2)15(9)17-8-13-14(19)5-4-11(3)18-13/h4-7,17,19H,8H2,1-3H3. The average Bonchev–Trinajstić information content (AvgIpc) is 2.32. The number of nitrogens with zero attached hydrogens (tertiary/aromatic N) is 1. The molecule has 3 nitrogen and oxygen atoms in total. The maximum Gasteiger partial charge on any atom is 0.138 e. The second kappa shape index (κ2) is 5.61. The summed E-state index contributed by atoms with van der Waals surface area (Å²) in [5.74, 6) is 0.227. The Morgan fingerprint density at radius 2 is 1.79 bits per heavy atom. The van der Waals surface area contributed by atoms with Gasteiger partial charge in [0.05, 0.1) is 6.54 Å². The maximum atomic E-state index is 9.79. The third kappa shape index (κ3) is 3.26. The first-order chi connectivity index (χ1) is 8.97. The molecule has 0 radical (unpaired) electrons. The molecule has 0 unspecified atom stereocenters. The zero-order valence-corrected chi connectivity index (χ0v) is 12.9. The molecule has 2 rings (SSSR count). The number of aryl methyl sites for hydroxylation is 3. The molecule has 0 fully saturated rings. The molecule has 0 saturated carbocycles. The van der Waals surface area contributed by atoms with E-state index in [1.165, 1.54) is 11.1 Å². The molecule has 0 saturated heterocycles. The average molecular weight is 321 g/mol. The van der Waals surface area contributed by atoms with E-state index in [1.807, 2.05) is 6.92 Å². The lowest BCUT2D eigenvalue weighted by atomic mass is 10.1. The summed E-state index contributed by atoms with van der Waals surface area (Å²) in [6.07, 6.45) is 0. The monoisotopic (exact) mass is 320 g/mol. The van der Waals surface area contributed by atoms with Crippen LogP contribution in [0.25, 0.3) is 0 Å². The molecular formula is C15H17BrN2O. The van der Waals surface area contributed by atoms with Crippen molar-refractivity contribution >= 4 is 21.6 Å². The summed E-state index contributed by atoms with van der Waals surface area (Å²) in [5, 5.41) is 13.1. The molecule has 19 heavy (non-hydrogen) atoms. The van der Waals surface area contributed by atoms with Crippen molar-refractivity contribution in [1.29, 1.82) is 0 Å². The Labute approximate surface area is 121 Å². The summed E-state index contributed by atoms with van der Waals surface area (Å²) < 4.78 is 1.07. The van der Waals surface area contributed by atoms with Crippen LogP contribution in [0.15, 0.2) is 28.7 Å². The Morgan fingerprint density at radius 3 is 2.42 bits per heavy atom. The van der Waals surface area contributed by atoms with Crippen LogP contribution in [0.1, 0.15) is 22.5 Å². The second-order valence-corrected chi connectivity index (χ2v) is 5.60. The van der Waals surface area contributed by atoms with Gasteiger partial charge in [0.25, 0.3) is 0 Å². The summed E-state index contributed by atoms with van der Waals surface area (Å²) in [5.41, 5.74) is 4.99. The fraction of sp³-hybridized carbons (Fsp3) is 0.267. The Kier molecular flexibility index (Phi) is 4.10. The van der Waals surface area contributed by atoms with Gasteiger partial charge in [-0.2, -0.15) is 0 Å². The Bertz CT molecular complexity index is 588. The SMILES string of the molecule is Cc1ccc(O)c(CNc2c(C)cc(Br)cc2C)n1. The lowest BCUT2D eigenvalue weighted by molar-refractivity contribution is 0.464. The fourth-order valence-corrected chi connectivity index (χ4v) is 2.78. The van der Waals surface area contributed by atoms with Gasteiger partial charge in [-0.3, -0.25) is 4.98 Å². The van der Waals surface area contributed by atoms with E-state index in [-0.39, 0.29) is 5.75 Å². The molecule has 0 aliphatic rings. The van der Waals surface area contributed by atoms with Crippen LogP contribution in [-0.4, -0.2) is 10.1 Å². The molecule has 0 spiro atoms. The Morgan fingerprint density at radius 1 is 1.16 bits per heavy atom. The van der Waals surface area contributed by atoms with Crippen molar-refractivity contribution in [1.82, 2.24) is 4.98 Å². The molecule has 1 heterocycles. The third-order valence-electron chi connectivity index (χ3n) is 3.02. The molecule has 2 aromatic rings. The molecule has 1 aromatic carbocycles. The number of aromatic nitrogens is 1. The van der Waals surface area contributed by atoms with Gasteiger partial charge in [0.15, 0.2) is 0 Å². The normalized spacial score (nSPS) is 10.5. The van der Waals surface area contributed by atoms with Gasteiger partial charge < -0.3 is 10.4 Å². The van der Waals surface area contributed by atoms with Crippen LogP contribution in [-0.2, 0) is 6.54 Å². The van der Waals surface area contributed by atoms with Crippen LogP contribution in [0.4, 0.5) is 5.69 Å². The number of pyridine rings is 1. The highest BCUT2D eigenvalue weighted by Crippen LogP contribution is 2.26. The van der Waals surface area contributed by atoms with E-state index in [0.29, 0.717) is 12.2 Å². The van der Waals surface area contributed by atoms with Gasteiger partial charge in [-0.25, -0.2) is 0 Å². The highest BCUT2D eigenvalue weighted by Gasteiger charge is 2.07. The highest BCUT2D eigenvalue weighted by molar-refractivity contribution is 9.10. The largest absolute Gasteiger partial charge is 0.506 e. The lowest BCUT2D eigenvalue weighted by Crippen LogP contribution is -2.05.